The lowest BCUT2D eigenvalue weighted by atomic mass is 10.0. The number of aryl methyl sites for hydroxylation is 1. The van der Waals surface area contributed by atoms with E-state index in [1.807, 2.05) is 0 Å². The van der Waals surface area contributed by atoms with Crippen LogP contribution in [-0.2, 0) is 16.4 Å². The summed E-state index contributed by atoms with van der Waals surface area (Å²) in [6.45, 7) is 1.40. The van der Waals surface area contributed by atoms with E-state index in [0.29, 0.717) is 12.4 Å². The number of piperidine rings is 1. The largest absolute Gasteiger partial charge is 0.307 e. The fraction of sp³-hybridized carbons (Fsp3) is 0.778. The van der Waals surface area contributed by atoms with Crippen LogP contribution >= 0.6 is 0 Å². The molecule has 1 aromatic heterocycles. The smallest absolute Gasteiger partial charge is 0.246 e. The van der Waals surface area contributed by atoms with Gasteiger partial charge in [-0.3, -0.25) is 0 Å². The first-order valence-electron chi connectivity index (χ1n) is 5.58. The van der Waals surface area contributed by atoms with Crippen molar-refractivity contribution < 1.29 is 8.42 Å². The molecular formula is C9H14N4O2S. The molecule has 88 valence electrons. The van der Waals surface area contributed by atoms with Crippen molar-refractivity contribution in [3.63, 3.8) is 0 Å². The second-order valence-electron chi connectivity index (χ2n) is 4.30. The van der Waals surface area contributed by atoms with E-state index in [9.17, 15) is 8.42 Å². The summed E-state index contributed by atoms with van der Waals surface area (Å²) in [7, 11) is -3.16. The van der Waals surface area contributed by atoms with E-state index < -0.39 is 9.84 Å². The molecule has 0 amide bonds. The number of rotatable bonds is 1. The van der Waals surface area contributed by atoms with Crippen LogP contribution in [0.1, 0.15) is 31.1 Å². The van der Waals surface area contributed by atoms with Gasteiger partial charge in [0.15, 0.2) is 5.82 Å². The van der Waals surface area contributed by atoms with Crippen molar-refractivity contribution in [3.8, 4) is 0 Å². The van der Waals surface area contributed by atoms with Crippen molar-refractivity contribution >= 4 is 9.84 Å². The van der Waals surface area contributed by atoms with E-state index in [0.717, 1.165) is 19.4 Å². The quantitative estimate of drug-likeness (QED) is 0.743. The highest BCUT2D eigenvalue weighted by molar-refractivity contribution is 7.91. The monoisotopic (exact) mass is 242 g/mol. The highest BCUT2D eigenvalue weighted by atomic mass is 32.2. The van der Waals surface area contributed by atoms with E-state index >= 15 is 0 Å². The Morgan fingerprint density at radius 2 is 2.25 bits per heavy atom. The van der Waals surface area contributed by atoms with Crippen molar-refractivity contribution in [3.05, 3.63) is 5.82 Å². The molecule has 3 rings (SSSR count). The summed E-state index contributed by atoms with van der Waals surface area (Å²) in [6.07, 6.45) is 3.31. The molecule has 0 radical (unpaired) electrons. The molecule has 0 spiro atoms. The molecule has 16 heavy (non-hydrogen) atoms. The van der Waals surface area contributed by atoms with Crippen LogP contribution in [0.3, 0.4) is 0 Å². The molecule has 1 N–H and O–H groups in total. The van der Waals surface area contributed by atoms with Crippen molar-refractivity contribution in [2.45, 2.75) is 37.0 Å². The fourth-order valence-electron chi connectivity index (χ4n) is 2.24. The molecule has 2 aliphatic rings. The van der Waals surface area contributed by atoms with Gasteiger partial charge in [0.2, 0.25) is 15.0 Å². The molecule has 0 saturated carbocycles. The maximum atomic E-state index is 11.6. The zero-order chi connectivity index (χ0) is 11.2. The van der Waals surface area contributed by atoms with E-state index in [1.165, 1.54) is 11.1 Å². The first-order chi connectivity index (χ1) is 7.67. The lowest BCUT2D eigenvalue weighted by Gasteiger charge is -2.20. The molecule has 6 nitrogen and oxygen atoms in total. The predicted molar refractivity (Wildman–Crippen MR) is 56.7 cm³/mol. The number of fused-ring (bicyclic) bond motifs is 1. The standard InChI is InChI=1S/C9H14N4O2S/c14-16(15)6-5-13-9(16)11-8(12-13)7-3-1-2-4-10-7/h7,10H,1-6H2. The van der Waals surface area contributed by atoms with Crippen LogP contribution in [-0.4, -0.2) is 35.5 Å². The first kappa shape index (κ1) is 10.2. The number of nitrogens with zero attached hydrogens (tertiary/aromatic N) is 3. The molecule has 0 aromatic carbocycles. The lowest BCUT2D eigenvalue weighted by Crippen LogP contribution is -2.28. The molecule has 0 aliphatic carbocycles. The summed E-state index contributed by atoms with van der Waals surface area (Å²) >= 11 is 0. The van der Waals surface area contributed by atoms with Gasteiger partial charge >= 0.3 is 0 Å². The Morgan fingerprint density at radius 3 is 2.94 bits per heavy atom. The summed E-state index contributed by atoms with van der Waals surface area (Å²) in [4.78, 5) is 4.17. The van der Waals surface area contributed by atoms with Gasteiger partial charge in [-0.2, -0.15) is 10.1 Å². The maximum Gasteiger partial charge on any atom is 0.246 e. The topological polar surface area (TPSA) is 76.9 Å². The Bertz CT molecular complexity index is 502. The second-order valence-corrected chi connectivity index (χ2v) is 6.30. The van der Waals surface area contributed by atoms with Crippen LogP contribution in [0.15, 0.2) is 5.16 Å². The summed E-state index contributed by atoms with van der Waals surface area (Å²) in [5.74, 6) is 0.777. The van der Waals surface area contributed by atoms with E-state index in [4.69, 9.17) is 0 Å². The third-order valence-electron chi connectivity index (χ3n) is 3.13. The number of nitrogens with one attached hydrogen (secondary N) is 1. The van der Waals surface area contributed by atoms with E-state index in [2.05, 4.69) is 15.4 Å². The molecule has 1 unspecified atom stereocenters. The minimum absolute atomic E-state index is 0.127. The van der Waals surface area contributed by atoms with Gasteiger partial charge in [-0.15, -0.1) is 0 Å². The Balaban J connectivity index is 1.94. The van der Waals surface area contributed by atoms with Crippen LogP contribution < -0.4 is 5.32 Å². The van der Waals surface area contributed by atoms with E-state index in [1.54, 1.807) is 0 Å². The van der Waals surface area contributed by atoms with Crippen LogP contribution in [0.25, 0.3) is 0 Å². The summed E-state index contributed by atoms with van der Waals surface area (Å²) in [5, 5.41) is 7.74. The van der Waals surface area contributed by atoms with E-state index in [-0.39, 0.29) is 17.0 Å². The summed E-state index contributed by atoms with van der Waals surface area (Å²) in [5.41, 5.74) is 0. The van der Waals surface area contributed by atoms with Crippen molar-refractivity contribution in [1.82, 2.24) is 20.1 Å². The second kappa shape index (κ2) is 3.53. The van der Waals surface area contributed by atoms with Gasteiger partial charge in [-0.25, -0.2) is 13.1 Å². The van der Waals surface area contributed by atoms with Crippen molar-refractivity contribution in [2.75, 3.05) is 12.3 Å². The van der Waals surface area contributed by atoms with Crippen LogP contribution in [0, 0.1) is 0 Å². The lowest BCUT2D eigenvalue weighted by molar-refractivity contribution is 0.395. The molecule has 3 heterocycles. The maximum absolute atomic E-state index is 11.6. The third-order valence-corrected chi connectivity index (χ3v) is 4.70. The van der Waals surface area contributed by atoms with Crippen LogP contribution in [0.2, 0.25) is 0 Å². The zero-order valence-corrected chi connectivity index (χ0v) is 9.70. The number of hydrogen-bond acceptors (Lipinski definition) is 5. The van der Waals surface area contributed by atoms with Gasteiger partial charge in [-0.1, -0.05) is 6.42 Å². The SMILES string of the molecule is O=S1(=O)CCn2nc(C3CCCCN3)nc21. The van der Waals surface area contributed by atoms with Gasteiger partial charge in [-0.05, 0) is 19.4 Å². The molecule has 0 bridgehead atoms. The number of sulfone groups is 1. The van der Waals surface area contributed by atoms with Crippen molar-refractivity contribution in [2.24, 2.45) is 0 Å². The fourth-order valence-corrected chi connectivity index (χ4v) is 3.52. The van der Waals surface area contributed by atoms with Crippen LogP contribution in [0.4, 0.5) is 0 Å². The number of aromatic nitrogens is 3. The third kappa shape index (κ3) is 1.54. The van der Waals surface area contributed by atoms with Gasteiger partial charge < -0.3 is 5.32 Å². The zero-order valence-electron chi connectivity index (χ0n) is 8.89. The van der Waals surface area contributed by atoms with Crippen LogP contribution in [0.5, 0.6) is 0 Å². The molecule has 1 fully saturated rings. The number of hydrogen-bond donors (Lipinski definition) is 1. The Labute approximate surface area is 94.0 Å². The van der Waals surface area contributed by atoms with Gasteiger partial charge in [0.1, 0.15) is 0 Å². The molecule has 2 aliphatic heterocycles. The Morgan fingerprint density at radius 1 is 1.38 bits per heavy atom. The molecule has 1 saturated heterocycles. The Hall–Kier alpha value is -0.950. The summed E-state index contributed by atoms with van der Waals surface area (Å²) in [6, 6.07) is 0.127. The minimum atomic E-state index is -3.16. The highest BCUT2D eigenvalue weighted by Gasteiger charge is 2.32. The van der Waals surface area contributed by atoms with Gasteiger partial charge in [0, 0.05) is 0 Å². The molecular weight excluding hydrogens is 228 g/mol. The minimum Gasteiger partial charge on any atom is -0.307 e. The average molecular weight is 242 g/mol. The van der Waals surface area contributed by atoms with Gasteiger partial charge in [0.05, 0.1) is 18.3 Å². The highest BCUT2D eigenvalue weighted by Crippen LogP contribution is 2.24. The summed E-state index contributed by atoms with van der Waals surface area (Å²) < 4.78 is 24.7. The van der Waals surface area contributed by atoms with Gasteiger partial charge in [0.25, 0.3) is 0 Å². The van der Waals surface area contributed by atoms with Crippen molar-refractivity contribution in [1.29, 1.82) is 0 Å². The Kier molecular flexibility index (Phi) is 2.25. The first-order valence-corrected chi connectivity index (χ1v) is 7.23. The normalized spacial score (nSPS) is 27.9. The molecule has 1 aromatic rings. The predicted octanol–water partition coefficient (Wildman–Crippen LogP) is -0.120. The molecule has 1 atom stereocenters. The average Bonchev–Trinajstić information content (AvgIpc) is 2.82. The molecule has 7 heteroatoms.